The van der Waals surface area contributed by atoms with Gasteiger partial charge in [-0.05, 0) is 23.3 Å². The number of carbonyl (C=O) groups excluding carboxylic acids is 1. The molecule has 122 valence electrons. The first-order valence-electron chi connectivity index (χ1n) is 7.21. The van der Waals surface area contributed by atoms with Crippen LogP contribution in [0.2, 0.25) is 0 Å². The predicted molar refractivity (Wildman–Crippen MR) is 90.2 cm³/mol. The summed E-state index contributed by atoms with van der Waals surface area (Å²) < 4.78 is 24.5. The van der Waals surface area contributed by atoms with Crippen molar-refractivity contribution in [3.05, 3.63) is 71.5 Å². The molecular formula is C17H19FN2O2S. The maximum absolute atomic E-state index is 13.5. The number of rotatable bonds is 6. The number of hydrogen-bond acceptors (Lipinski definition) is 2. The number of urea groups is 1. The average Bonchev–Trinajstić information content (AvgIpc) is 2.53. The van der Waals surface area contributed by atoms with Crippen molar-refractivity contribution in [3.63, 3.8) is 0 Å². The molecule has 0 bridgehead atoms. The lowest BCUT2D eigenvalue weighted by Crippen LogP contribution is -2.39. The summed E-state index contributed by atoms with van der Waals surface area (Å²) in [5, 5.41) is 5.50. The summed E-state index contributed by atoms with van der Waals surface area (Å²) in [4.78, 5) is 12.1. The lowest BCUT2D eigenvalue weighted by Gasteiger charge is -2.20. The predicted octanol–water partition coefficient (Wildman–Crippen LogP) is 2.59. The zero-order valence-corrected chi connectivity index (χ0v) is 13.6. The van der Waals surface area contributed by atoms with Crippen molar-refractivity contribution in [2.45, 2.75) is 6.04 Å². The number of amides is 2. The van der Waals surface area contributed by atoms with Gasteiger partial charge in [0.15, 0.2) is 0 Å². The van der Waals surface area contributed by atoms with Crippen LogP contribution >= 0.6 is 0 Å². The molecule has 2 rings (SSSR count). The first kappa shape index (κ1) is 17.1. The number of hydrogen-bond donors (Lipinski definition) is 2. The van der Waals surface area contributed by atoms with Crippen molar-refractivity contribution in [1.82, 2.24) is 10.6 Å². The molecule has 2 aromatic carbocycles. The number of nitrogens with one attached hydrogen (secondary N) is 2. The quantitative estimate of drug-likeness (QED) is 0.853. The van der Waals surface area contributed by atoms with Gasteiger partial charge in [0.05, 0.1) is 6.04 Å². The number of carbonyl (C=O) groups is 1. The van der Waals surface area contributed by atoms with E-state index < -0.39 is 16.8 Å². The van der Waals surface area contributed by atoms with E-state index in [0.29, 0.717) is 17.9 Å². The molecular weight excluding hydrogens is 315 g/mol. The maximum Gasteiger partial charge on any atom is 0.315 e. The second kappa shape index (κ2) is 8.43. The highest BCUT2D eigenvalue weighted by Gasteiger charge is 2.17. The molecule has 0 saturated carbocycles. The molecule has 2 aromatic rings. The van der Waals surface area contributed by atoms with Crippen molar-refractivity contribution in [3.8, 4) is 0 Å². The molecule has 0 fully saturated rings. The summed E-state index contributed by atoms with van der Waals surface area (Å²) in [6, 6.07) is 14.6. The molecule has 23 heavy (non-hydrogen) atoms. The van der Waals surface area contributed by atoms with Gasteiger partial charge in [-0.1, -0.05) is 42.5 Å². The summed E-state index contributed by atoms with van der Waals surface area (Å²) >= 11 is 0. The molecule has 0 spiro atoms. The standard InChI is InChI=1S/C17H19FN2O2S/c1-23(22)11-10-19-17(21)20-16(13-6-3-2-4-7-13)14-8-5-9-15(18)12-14/h2-9,12,16H,10-11H2,1H3,(H2,19,20,21)/t16-,23-/m1/s1. The lowest BCUT2D eigenvalue weighted by atomic mass is 9.99. The third-order valence-corrected chi connectivity index (χ3v) is 4.04. The molecule has 0 saturated heterocycles. The second-order valence-electron chi connectivity index (χ2n) is 5.08. The minimum absolute atomic E-state index is 0.319. The fraction of sp³-hybridized carbons (Fsp3) is 0.235. The van der Waals surface area contributed by atoms with Gasteiger partial charge in [-0.2, -0.15) is 0 Å². The summed E-state index contributed by atoms with van der Waals surface area (Å²) in [6.07, 6.45) is 1.58. The van der Waals surface area contributed by atoms with E-state index in [9.17, 15) is 13.4 Å². The average molecular weight is 334 g/mol. The second-order valence-corrected chi connectivity index (χ2v) is 6.63. The first-order valence-corrected chi connectivity index (χ1v) is 8.94. The fourth-order valence-corrected chi connectivity index (χ4v) is 2.57. The van der Waals surface area contributed by atoms with Crippen LogP contribution < -0.4 is 10.6 Å². The lowest BCUT2D eigenvalue weighted by molar-refractivity contribution is 0.239. The third kappa shape index (κ3) is 5.49. The van der Waals surface area contributed by atoms with Crippen LogP contribution in [0, 0.1) is 5.82 Å². The van der Waals surface area contributed by atoms with Gasteiger partial charge in [0.2, 0.25) is 0 Å². The van der Waals surface area contributed by atoms with Gasteiger partial charge in [-0.3, -0.25) is 4.21 Å². The molecule has 0 aliphatic rings. The molecule has 4 nitrogen and oxygen atoms in total. The molecule has 0 aliphatic carbocycles. The Bertz CT molecular complexity index is 679. The Morgan fingerprint density at radius 1 is 1.13 bits per heavy atom. The molecule has 2 amide bonds. The maximum atomic E-state index is 13.5. The van der Waals surface area contributed by atoms with Crippen molar-refractivity contribution < 1.29 is 13.4 Å². The number of benzene rings is 2. The number of halogens is 1. The Morgan fingerprint density at radius 3 is 2.48 bits per heavy atom. The van der Waals surface area contributed by atoms with Gasteiger partial charge < -0.3 is 10.6 Å². The Balaban J connectivity index is 2.15. The van der Waals surface area contributed by atoms with Gasteiger partial charge in [-0.25, -0.2) is 9.18 Å². The molecule has 0 unspecified atom stereocenters. The van der Waals surface area contributed by atoms with Crippen LogP contribution in [-0.4, -0.2) is 28.8 Å². The van der Waals surface area contributed by atoms with Crippen molar-refractivity contribution in [2.75, 3.05) is 18.6 Å². The summed E-state index contributed by atoms with van der Waals surface area (Å²) in [5.74, 6) is 0.0376. The van der Waals surface area contributed by atoms with E-state index in [2.05, 4.69) is 10.6 Å². The molecule has 0 radical (unpaired) electrons. The van der Waals surface area contributed by atoms with E-state index in [0.717, 1.165) is 5.56 Å². The molecule has 6 heteroatoms. The topological polar surface area (TPSA) is 58.2 Å². The van der Waals surface area contributed by atoms with E-state index >= 15 is 0 Å². The Hall–Kier alpha value is -2.21. The highest BCUT2D eigenvalue weighted by atomic mass is 32.2. The zero-order chi connectivity index (χ0) is 16.7. The van der Waals surface area contributed by atoms with Gasteiger partial charge >= 0.3 is 6.03 Å². The highest BCUT2D eigenvalue weighted by molar-refractivity contribution is 7.84. The van der Waals surface area contributed by atoms with Crippen molar-refractivity contribution in [2.24, 2.45) is 0 Å². The summed E-state index contributed by atoms with van der Waals surface area (Å²) in [5.41, 5.74) is 1.51. The van der Waals surface area contributed by atoms with Crippen molar-refractivity contribution >= 4 is 16.8 Å². The van der Waals surface area contributed by atoms with Crippen LogP contribution in [0.1, 0.15) is 17.2 Å². The molecule has 2 N–H and O–H groups in total. The third-order valence-electron chi connectivity index (χ3n) is 3.27. The Morgan fingerprint density at radius 2 is 1.83 bits per heavy atom. The van der Waals surface area contributed by atoms with Crippen LogP contribution in [0.3, 0.4) is 0 Å². The first-order chi connectivity index (χ1) is 11.1. The van der Waals surface area contributed by atoms with Gasteiger partial charge in [0.25, 0.3) is 0 Å². The Labute approximate surface area is 137 Å². The van der Waals surface area contributed by atoms with Crippen molar-refractivity contribution in [1.29, 1.82) is 0 Å². The smallest absolute Gasteiger partial charge is 0.315 e. The summed E-state index contributed by atoms with van der Waals surface area (Å²) in [7, 11) is -0.962. The monoisotopic (exact) mass is 334 g/mol. The largest absolute Gasteiger partial charge is 0.337 e. The fourth-order valence-electron chi connectivity index (χ4n) is 2.18. The molecule has 0 aliphatic heterocycles. The minimum atomic E-state index is -0.962. The SMILES string of the molecule is C[S@@](=O)CCNC(=O)N[C@H](c1ccccc1)c1cccc(F)c1. The normalized spacial score (nSPS) is 13.1. The van der Waals surface area contributed by atoms with Gasteiger partial charge in [0.1, 0.15) is 5.82 Å². The van der Waals surface area contributed by atoms with Gasteiger partial charge in [0, 0.05) is 29.4 Å². The van der Waals surface area contributed by atoms with Crippen LogP contribution in [0.4, 0.5) is 9.18 Å². The van der Waals surface area contributed by atoms with Crippen LogP contribution in [0.25, 0.3) is 0 Å². The molecule has 0 aromatic heterocycles. The summed E-state index contributed by atoms with van der Waals surface area (Å²) in [6.45, 7) is 0.319. The molecule has 2 atom stereocenters. The van der Waals surface area contributed by atoms with Crippen LogP contribution in [-0.2, 0) is 10.8 Å². The highest BCUT2D eigenvalue weighted by Crippen LogP contribution is 2.22. The zero-order valence-electron chi connectivity index (χ0n) is 12.8. The minimum Gasteiger partial charge on any atom is -0.337 e. The molecule has 0 heterocycles. The Kier molecular flexibility index (Phi) is 6.29. The van der Waals surface area contributed by atoms with E-state index in [1.165, 1.54) is 12.1 Å². The van der Waals surface area contributed by atoms with Crippen LogP contribution in [0.15, 0.2) is 54.6 Å². The van der Waals surface area contributed by atoms with E-state index in [4.69, 9.17) is 0 Å². The van der Waals surface area contributed by atoms with E-state index in [-0.39, 0.29) is 11.8 Å². The van der Waals surface area contributed by atoms with Gasteiger partial charge in [-0.15, -0.1) is 0 Å². The van der Waals surface area contributed by atoms with E-state index in [1.54, 1.807) is 18.4 Å². The van der Waals surface area contributed by atoms with Crippen LogP contribution in [0.5, 0.6) is 0 Å². The van der Waals surface area contributed by atoms with E-state index in [1.807, 2.05) is 30.3 Å².